The van der Waals surface area contributed by atoms with Crippen LogP contribution in [-0.2, 0) is 41.6 Å². The molecule has 1 amide bonds. The van der Waals surface area contributed by atoms with Crippen LogP contribution in [0.15, 0.2) is 24.3 Å². The molecule has 4 atom stereocenters. The number of fused-ring (bicyclic) bond motifs is 3. The number of ether oxygens (including phenoxy) is 2. The fourth-order valence-electron chi connectivity index (χ4n) is 5.14. The van der Waals surface area contributed by atoms with Gasteiger partial charge in [-0.25, -0.2) is 4.79 Å². The fourth-order valence-corrected chi connectivity index (χ4v) is 5.14. The van der Waals surface area contributed by atoms with Gasteiger partial charge in [-0.3, -0.25) is 14.4 Å². The van der Waals surface area contributed by atoms with Gasteiger partial charge < -0.3 is 14.4 Å². The molecule has 2 bridgehead atoms. The van der Waals surface area contributed by atoms with Gasteiger partial charge in [-0.05, 0) is 36.8 Å². The van der Waals surface area contributed by atoms with Crippen LogP contribution < -0.4 is 0 Å². The molecule has 1 unspecified atom stereocenters. The number of carbonyl (C=O) groups excluding carboxylic acids is 4. The maximum atomic E-state index is 12.9. The monoisotopic (exact) mass is 413 g/mol. The third-order valence-corrected chi connectivity index (χ3v) is 6.76. The summed E-state index contributed by atoms with van der Waals surface area (Å²) in [5.74, 6) is -1.46. The summed E-state index contributed by atoms with van der Waals surface area (Å²) in [4.78, 5) is 51.4. The number of hydrogen-bond acceptors (Lipinski definition) is 6. The normalized spacial score (nSPS) is 27.8. The standard InChI is InChI=1S/C23H27NO6/c1-29-23(28)19-11-14-5-2-3-6-17(14)12-24(19)20(25)13-30-22(27)18-9-15-7-4-8-16(10-18)21(15)26/h2-3,5-6,15-16,18-19H,4,7-13H2,1H3/t15-,16+,18?,19-/m1/s1. The SMILES string of the molecule is COC(=O)[C@H]1Cc2ccccc2CN1C(=O)COC(=O)C1C[C@H]2CCC[C@@H](C1)C2=O. The topological polar surface area (TPSA) is 90.0 Å². The predicted octanol–water partition coefficient (Wildman–Crippen LogP) is 2.05. The second kappa shape index (κ2) is 8.58. The molecule has 30 heavy (non-hydrogen) atoms. The number of amides is 1. The number of ketones is 1. The maximum absolute atomic E-state index is 12.9. The lowest BCUT2D eigenvalue weighted by atomic mass is 9.67. The molecule has 7 nitrogen and oxygen atoms in total. The first-order valence-electron chi connectivity index (χ1n) is 10.6. The molecule has 0 saturated heterocycles. The van der Waals surface area contributed by atoms with Crippen LogP contribution in [0.1, 0.15) is 43.2 Å². The average Bonchev–Trinajstić information content (AvgIpc) is 2.75. The molecule has 0 N–H and O–H groups in total. The first kappa shape index (κ1) is 20.6. The van der Waals surface area contributed by atoms with Gasteiger partial charge in [-0.2, -0.15) is 0 Å². The minimum atomic E-state index is -0.734. The Kier molecular flexibility index (Phi) is 5.88. The van der Waals surface area contributed by atoms with Crippen molar-refractivity contribution in [2.45, 2.75) is 51.1 Å². The smallest absolute Gasteiger partial charge is 0.328 e. The number of benzene rings is 1. The molecular weight excluding hydrogens is 386 g/mol. The fraction of sp³-hybridized carbons (Fsp3) is 0.565. The maximum Gasteiger partial charge on any atom is 0.328 e. The molecule has 3 aliphatic rings. The molecule has 2 fully saturated rings. The summed E-state index contributed by atoms with van der Waals surface area (Å²) >= 11 is 0. The highest BCUT2D eigenvalue weighted by molar-refractivity contribution is 5.89. The minimum absolute atomic E-state index is 0.0481. The molecule has 0 radical (unpaired) electrons. The zero-order valence-corrected chi connectivity index (χ0v) is 17.2. The van der Waals surface area contributed by atoms with Crippen LogP contribution in [0.3, 0.4) is 0 Å². The van der Waals surface area contributed by atoms with Crippen molar-refractivity contribution in [3.63, 3.8) is 0 Å². The number of carbonyl (C=O) groups is 4. The second-order valence-electron chi connectivity index (χ2n) is 8.54. The average molecular weight is 413 g/mol. The van der Waals surface area contributed by atoms with Gasteiger partial charge in [-0.1, -0.05) is 30.7 Å². The van der Waals surface area contributed by atoms with Gasteiger partial charge in [-0.15, -0.1) is 0 Å². The second-order valence-corrected chi connectivity index (χ2v) is 8.54. The van der Waals surface area contributed by atoms with Crippen molar-refractivity contribution in [1.29, 1.82) is 0 Å². The van der Waals surface area contributed by atoms with E-state index in [2.05, 4.69) is 0 Å². The quantitative estimate of drug-likeness (QED) is 0.702. The molecular formula is C23H27NO6. The van der Waals surface area contributed by atoms with Crippen LogP contribution in [0, 0.1) is 17.8 Å². The summed E-state index contributed by atoms with van der Waals surface area (Å²) in [5, 5.41) is 0. The molecule has 2 saturated carbocycles. The van der Waals surface area contributed by atoms with E-state index >= 15 is 0 Å². The van der Waals surface area contributed by atoms with Gasteiger partial charge in [0, 0.05) is 24.8 Å². The Hall–Kier alpha value is -2.70. The molecule has 1 aliphatic heterocycles. The van der Waals surface area contributed by atoms with Crippen LogP contribution in [0.25, 0.3) is 0 Å². The van der Waals surface area contributed by atoms with E-state index in [1.807, 2.05) is 24.3 Å². The highest BCUT2D eigenvalue weighted by Crippen LogP contribution is 2.40. The number of nitrogens with zero attached hydrogens (tertiary/aromatic N) is 1. The van der Waals surface area contributed by atoms with Gasteiger partial charge in [0.05, 0.1) is 13.0 Å². The van der Waals surface area contributed by atoms with Crippen molar-refractivity contribution < 1.29 is 28.7 Å². The van der Waals surface area contributed by atoms with Crippen LogP contribution in [-0.4, -0.2) is 48.3 Å². The molecule has 160 valence electrons. The zero-order chi connectivity index (χ0) is 21.3. The van der Waals surface area contributed by atoms with Crippen molar-refractivity contribution in [1.82, 2.24) is 4.90 Å². The van der Waals surface area contributed by atoms with E-state index in [0.29, 0.717) is 19.3 Å². The Balaban J connectivity index is 1.39. The summed E-state index contributed by atoms with van der Waals surface area (Å²) in [7, 11) is 1.30. The van der Waals surface area contributed by atoms with Crippen LogP contribution >= 0.6 is 0 Å². The van der Waals surface area contributed by atoms with Crippen LogP contribution in [0.4, 0.5) is 0 Å². The van der Waals surface area contributed by atoms with Gasteiger partial charge in [0.25, 0.3) is 5.91 Å². The van der Waals surface area contributed by atoms with E-state index in [1.165, 1.54) is 12.0 Å². The molecule has 1 aromatic carbocycles. The Morgan fingerprint density at radius 1 is 1.03 bits per heavy atom. The lowest BCUT2D eigenvalue weighted by molar-refractivity contribution is -0.162. The number of hydrogen-bond donors (Lipinski definition) is 0. The van der Waals surface area contributed by atoms with Crippen molar-refractivity contribution in [2.24, 2.45) is 17.8 Å². The highest BCUT2D eigenvalue weighted by Gasteiger charge is 2.42. The van der Waals surface area contributed by atoms with E-state index in [9.17, 15) is 19.2 Å². The molecule has 1 heterocycles. The summed E-state index contributed by atoms with van der Waals surface area (Å²) in [6, 6.07) is 6.92. The van der Waals surface area contributed by atoms with Gasteiger partial charge in [0.1, 0.15) is 11.8 Å². The Bertz CT molecular complexity index is 849. The number of Topliss-reactive ketones (excluding diaryl/α,β-unsaturated/α-hetero) is 1. The molecule has 0 spiro atoms. The van der Waals surface area contributed by atoms with Crippen molar-refractivity contribution in [3.8, 4) is 0 Å². The van der Waals surface area contributed by atoms with Gasteiger partial charge in [0.2, 0.25) is 0 Å². The van der Waals surface area contributed by atoms with Gasteiger partial charge in [0.15, 0.2) is 6.61 Å². The number of methoxy groups -OCH3 is 1. The summed E-state index contributed by atoms with van der Waals surface area (Å²) in [6.07, 6.45) is 4.12. The predicted molar refractivity (Wildman–Crippen MR) is 106 cm³/mol. The molecule has 0 aromatic heterocycles. The van der Waals surface area contributed by atoms with E-state index < -0.39 is 30.5 Å². The van der Waals surface area contributed by atoms with Gasteiger partial charge >= 0.3 is 11.9 Å². The van der Waals surface area contributed by atoms with E-state index in [0.717, 1.165) is 30.4 Å². The van der Waals surface area contributed by atoms with E-state index in [4.69, 9.17) is 9.47 Å². The summed E-state index contributed by atoms with van der Waals surface area (Å²) in [6.45, 7) is -0.136. The number of esters is 2. The minimum Gasteiger partial charge on any atom is -0.467 e. The summed E-state index contributed by atoms with van der Waals surface area (Å²) < 4.78 is 10.2. The van der Waals surface area contributed by atoms with Crippen molar-refractivity contribution >= 4 is 23.6 Å². The third-order valence-electron chi connectivity index (χ3n) is 6.76. The molecule has 4 rings (SSSR count). The lowest BCUT2D eigenvalue weighted by Gasteiger charge is -2.37. The summed E-state index contributed by atoms with van der Waals surface area (Å²) in [5.41, 5.74) is 1.98. The molecule has 1 aromatic rings. The Morgan fingerprint density at radius 3 is 2.37 bits per heavy atom. The third kappa shape index (κ3) is 3.98. The first-order valence-corrected chi connectivity index (χ1v) is 10.6. The highest BCUT2D eigenvalue weighted by atomic mass is 16.5. The Labute approximate surface area is 175 Å². The zero-order valence-electron chi connectivity index (χ0n) is 17.2. The van der Waals surface area contributed by atoms with E-state index in [1.54, 1.807) is 0 Å². The lowest BCUT2D eigenvalue weighted by Crippen LogP contribution is -2.50. The Morgan fingerprint density at radius 2 is 1.70 bits per heavy atom. The molecule has 7 heteroatoms. The van der Waals surface area contributed by atoms with E-state index in [-0.39, 0.29) is 30.1 Å². The largest absolute Gasteiger partial charge is 0.467 e. The van der Waals surface area contributed by atoms with Crippen molar-refractivity contribution in [2.75, 3.05) is 13.7 Å². The number of rotatable bonds is 4. The van der Waals surface area contributed by atoms with Crippen LogP contribution in [0.2, 0.25) is 0 Å². The molecule has 2 aliphatic carbocycles. The first-order chi connectivity index (χ1) is 14.5. The van der Waals surface area contributed by atoms with Crippen LogP contribution in [0.5, 0.6) is 0 Å². The van der Waals surface area contributed by atoms with Crippen molar-refractivity contribution in [3.05, 3.63) is 35.4 Å².